The monoisotopic (exact) mass is 317 g/mol. The van der Waals surface area contributed by atoms with Crippen LogP contribution in [-0.2, 0) is 6.42 Å². The molecule has 0 saturated heterocycles. The maximum Gasteiger partial charge on any atom is 0.112 e. The van der Waals surface area contributed by atoms with Gasteiger partial charge in [-0.1, -0.05) is 69.6 Å². The van der Waals surface area contributed by atoms with Crippen LogP contribution in [0.1, 0.15) is 24.0 Å². The van der Waals surface area contributed by atoms with Gasteiger partial charge in [-0.25, -0.2) is 0 Å². The smallest absolute Gasteiger partial charge is 0.112 e. The van der Waals surface area contributed by atoms with E-state index in [1.54, 1.807) is 5.57 Å². The van der Waals surface area contributed by atoms with Gasteiger partial charge in [0, 0.05) is 0 Å². The largest absolute Gasteiger partial charge is 0.346 e. The summed E-state index contributed by atoms with van der Waals surface area (Å²) >= 11 is 0. The molecule has 0 atom stereocenters. The van der Waals surface area contributed by atoms with Gasteiger partial charge in [-0.3, -0.25) is 0 Å². The summed E-state index contributed by atoms with van der Waals surface area (Å²) in [7, 11) is -2.39. The number of benzene rings is 1. The van der Waals surface area contributed by atoms with Crippen LogP contribution in [0, 0.1) is 0 Å². The highest BCUT2D eigenvalue weighted by Crippen LogP contribution is 2.31. The fourth-order valence-corrected chi connectivity index (χ4v) is 13.4. The summed E-state index contributed by atoms with van der Waals surface area (Å²) in [5.74, 6) is 0. The maximum absolute atomic E-state index is 2.90. The Morgan fingerprint density at radius 3 is 2.19 bits per heavy atom. The van der Waals surface area contributed by atoms with Crippen molar-refractivity contribution in [1.29, 1.82) is 0 Å². The number of allylic oxidation sites excluding steroid dienone is 2. The topological polar surface area (TPSA) is 3.24 Å². The molecule has 0 fully saturated rings. The summed E-state index contributed by atoms with van der Waals surface area (Å²) in [5.41, 5.74) is 4.60. The van der Waals surface area contributed by atoms with Crippen molar-refractivity contribution in [1.82, 2.24) is 4.23 Å². The van der Waals surface area contributed by atoms with Crippen LogP contribution in [0.3, 0.4) is 0 Å². The van der Waals surface area contributed by atoms with Crippen LogP contribution in [0.15, 0.2) is 30.3 Å². The Morgan fingerprint density at radius 1 is 0.952 bits per heavy atom. The van der Waals surface area contributed by atoms with Gasteiger partial charge in [-0.2, -0.15) is 0 Å². The standard InChI is InChI=1S/C18H31NSi2/c1-20(2,3)19(21(4,5)6)15-9-11-17-14-13-16-10-7-8-12-18(16)17/h7-8,10,12,14H,9,11,13,15H2,1-6H3. The van der Waals surface area contributed by atoms with Gasteiger partial charge in [0.15, 0.2) is 0 Å². The summed E-state index contributed by atoms with van der Waals surface area (Å²) in [4.78, 5) is 0. The quantitative estimate of drug-likeness (QED) is 0.637. The molecule has 0 saturated carbocycles. The summed E-state index contributed by atoms with van der Waals surface area (Å²) in [6, 6.07) is 8.90. The first-order chi connectivity index (χ1) is 9.69. The average molecular weight is 318 g/mol. The third-order valence-electron chi connectivity index (χ3n) is 4.38. The van der Waals surface area contributed by atoms with E-state index in [9.17, 15) is 0 Å². The Hall–Kier alpha value is -0.646. The Morgan fingerprint density at radius 2 is 1.57 bits per heavy atom. The Kier molecular flexibility index (Phi) is 4.96. The van der Waals surface area contributed by atoms with Crippen molar-refractivity contribution in [2.24, 2.45) is 0 Å². The molecule has 1 aromatic rings. The number of fused-ring (bicyclic) bond motifs is 1. The van der Waals surface area contributed by atoms with E-state index in [4.69, 9.17) is 0 Å². The minimum absolute atomic E-state index is 1.14. The molecule has 0 amide bonds. The molecule has 21 heavy (non-hydrogen) atoms. The van der Waals surface area contributed by atoms with Gasteiger partial charge in [-0.15, -0.1) is 0 Å². The number of hydrogen-bond acceptors (Lipinski definition) is 1. The molecule has 0 spiro atoms. The molecule has 0 aliphatic heterocycles. The fourth-order valence-electron chi connectivity index (χ4n) is 3.70. The van der Waals surface area contributed by atoms with Crippen molar-refractivity contribution in [3.05, 3.63) is 41.5 Å². The van der Waals surface area contributed by atoms with Gasteiger partial charge >= 0.3 is 0 Å². The van der Waals surface area contributed by atoms with Crippen LogP contribution < -0.4 is 0 Å². The number of rotatable bonds is 6. The second-order valence-electron chi connectivity index (χ2n) is 8.19. The van der Waals surface area contributed by atoms with Crippen LogP contribution in [0.5, 0.6) is 0 Å². The van der Waals surface area contributed by atoms with E-state index in [1.165, 1.54) is 30.5 Å². The van der Waals surface area contributed by atoms with Crippen molar-refractivity contribution in [3.8, 4) is 0 Å². The molecule has 1 aliphatic carbocycles. The second-order valence-corrected chi connectivity index (χ2v) is 18.4. The zero-order valence-corrected chi connectivity index (χ0v) is 16.7. The molecular formula is C18H31NSi2. The highest BCUT2D eigenvalue weighted by molar-refractivity contribution is 6.89. The Labute approximate surface area is 133 Å². The zero-order valence-electron chi connectivity index (χ0n) is 14.7. The van der Waals surface area contributed by atoms with Gasteiger partial charge in [0.2, 0.25) is 0 Å². The molecule has 0 radical (unpaired) electrons. The summed E-state index contributed by atoms with van der Waals surface area (Å²) in [5, 5.41) is 0. The zero-order chi connectivity index (χ0) is 15.7. The molecule has 0 N–H and O–H groups in total. The van der Waals surface area contributed by atoms with E-state index in [-0.39, 0.29) is 0 Å². The molecule has 1 aliphatic rings. The lowest BCUT2D eigenvalue weighted by Crippen LogP contribution is -2.59. The van der Waals surface area contributed by atoms with Crippen molar-refractivity contribution < 1.29 is 0 Å². The molecule has 0 bridgehead atoms. The Bertz CT molecular complexity index is 507. The minimum atomic E-state index is -1.19. The molecule has 1 aromatic carbocycles. The van der Waals surface area contributed by atoms with E-state index in [0.717, 1.165) is 6.42 Å². The van der Waals surface area contributed by atoms with E-state index in [0.29, 0.717) is 0 Å². The fraction of sp³-hybridized carbons (Fsp3) is 0.556. The Balaban J connectivity index is 1.96. The predicted octanol–water partition coefficient (Wildman–Crippen LogP) is 5.38. The van der Waals surface area contributed by atoms with Crippen LogP contribution in [0.4, 0.5) is 0 Å². The molecular weight excluding hydrogens is 286 g/mol. The van der Waals surface area contributed by atoms with Gasteiger partial charge in [-0.05, 0) is 42.5 Å². The molecule has 3 heteroatoms. The van der Waals surface area contributed by atoms with E-state index >= 15 is 0 Å². The van der Waals surface area contributed by atoms with Gasteiger partial charge in [0.1, 0.15) is 16.5 Å². The third-order valence-corrected chi connectivity index (χ3v) is 12.1. The van der Waals surface area contributed by atoms with Crippen LogP contribution in [0.2, 0.25) is 39.3 Å². The van der Waals surface area contributed by atoms with Gasteiger partial charge in [0.25, 0.3) is 0 Å². The molecule has 0 aromatic heterocycles. The summed E-state index contributed by atoms with van der Waals surface area (Å²) < 4.78 is 2.90. The van der Waals surface area contributed by atoms with Crippen molar-refractivity contribution >= 4 is 22.0 Å². The average Bonchev–Trinajstić information content (AvgIpc) is 2.75. The lowest BCUT2D eigenvalue weighted by Gasteiger charge is -2.43. The van der Waals surface area contributed by atoms with Crippen molar-refractivity contribution in [2.75, 3.05) is 6.54 Å². The van der Waals surface area contributed by atoms with Gasteiger partial charge < -0.3 is 4.23 Å². The first-order valence-electron chi connectivity index (χ1n) is 8.24. The normalized spacial score (nSPS) is 15.3. The van der Waals surface area contributed by atoms with E-state index in [2.05, 4.69) is 73.9 Å². The highest BCUT2D eigenvalue weighted by atomic mass is 28.4. The van der Waals surface area contributed by atoms with Crippen molar-refractivity contribution in [3.63, 3.8) is 0 Å². The second kappa shape index (κ2) is 6.23. The maximum atomic E-state index is 2.90. The predicted molar refractivity (Wildman–Crippen MR) is 101 cm³/mol. The molecule has 0 unspecified atom stereocenters. The molecule has 1 nitrogen and oxygen atoms in total. The summed E-state index contributed by atoms with van der Waals surface area (Å²) in [6.07, 6.45) is 6.12. The van der Waals surface area contributed by atoms with Gasteiger partial charge in [0.05, 0.1) is 0 Å². The number of hydrogen-bond donors (Lipinski definition) is 0. The van der Waals surface area contributed by atoms with E-state index in [1.807, 2.05) is 0 Å². The third kappa shape index (κ3) is 4.18. The first-order valence-corrected chi connectivity index (χ1v) is 15.1. The van der Waals surface area contributed by atoms with Crippen LogP contribution in [-0.4, -0.2) is 27.2 Å². The number of nitrogens with zero attached hydrogens (tertiary/aromatic N) is 1. The minimum Gasteiger partial charge on any atom is -0.346 e. The summed E-state index contributed by atoms with van der Waals surface area (Å²) in [6.45, 7) is 16.3. The van der Waals surface area contributed by atoms with Crippen LogP contribution >= 0.6 is 0 Å². The molecule has 0 heterocycles. The lowest BCUT2D eigenvalue weighted by molar-refractivity contribution is 0.587. The first kappa shape index (κ1) is 16.7. The van der Waals surface area contributed by atoms with Crippen LogP contribution in [0.25, 0.3) is 5.57 Å². The van der Waals surface area contributed by atoms with Crippen molar-refractivity contribution in [2.45, 2.75) is 58.5 Å². The highest BCUT2D eigenvalue weighted by Gasteiger charge is 2.33. The van der Waals surface area contributed by atoms with E-state index < -0.39 is 16.5 Å². The molecule has 2 rings (SSSR count). The SMILES string of the molecule is C[Si](C)(C)N(CCCC1=CCc2ccccc21)[Si](C)(C)C. The molecule has 116 valence electrons. The lowest BCUT2D eigenvalue weighted by atomic mass is 10.0.